The van der Waals surface area contributed by atoms with Gasteiger partial charge >= 0.3 is 23.1 Å². The summed E-state index contributed by atoms with van der Waals surface area (Å²) in [6.07, 6.45) is 17.8. The second-order valence-electron chi connectivity index (χ2n) is 3.44. The summed E-state index contributed by atoms with van der Waals surface area (Å²) in [5, 5.41) is 0. The molecular weight excluding hydrogens is 239 g/mol. The third-order valence-electron chi connectivity index (χ3n) is 2.19. The van der Waals surface area contributed by atoms with Crippen molar-refractivity contribution in [1.29, 1.82) is 0 Å². The quantitative estimate of drug-likeness (QED) is 0.190. The molecule has 0 radical (unpaired) electrons. The van der Waals surface area contributed by atoms with Crippen molar-refractivity contribution in [1.82, 2.24) is 0 Å². The first-order valence-electron chi connectivity index (χ1n) is 5.37. The molecule has 0 saturated carbocycles. The van der Waals surface area contributed by atoms with Crippen LogP contribution in [0.25, 0.3) is 0 Å². The maximum absolute atomic E-state index is 6.73. The van der Waals surface area contributed by atoms with E-state index in [0.29, 0.717) is 0 Å². The van der Waals surface area contributed by atoms with Crippen LogP contribution in [0.2, 0.25) is 0 Å². The van der Waals surface area contributed by atoms with Crippen LogP contribution in [0, 0.1) is 12.3 Å². The molecule has 0 amide bonds. The monoisotopic (exact) mass is 258 g/mol. The van der Waals surface area contributed by atoms with Crippen LogP contribution in [-0.2, 0) is 0 Å². The fourth-order valence-electron chi connectivity index (χ4n) is 1.37. The summed E-state index contributed by atoms with van der Waals surface area (Å²) in [5.74, 6) is 3.24. The average Bonchev–Trinajstić information content (AvgIpc) is 2.16. The normalized spacial score (nSPS) is 8.53. The van der Waals surface area contributed by atoms with Gasteiger partial charge in [-0.25, -0.2) is 0 Å². The molecule has 0 fully saturated rings. The van der Waals surface area contributed by atoms with Gasteiger partial charge in [0.05, 0.1) is 0 Å². The van der Waals surface area contributed by atoms with Gasteiger partial charge in [-0.05, 0) is 19.3 Å². The Morgan fingerprint density at radius 3 is 1.60 bits per heavy atom. The third kappa shape index (κ3) is 20.9. The number of hydrogen-bond donors (Lipinski definition) is 0. The van der Waals surface area contributed by atoms with E-state index in [1.807, 2.05) is 0 Å². The van der Waals surface area contributed by atoms with Gasteiger partial charge in [0.2, 0.25) is 0 Å². The molecule has 0 aliphatic rings. The van der Waals surface area contributed by atoms with E-state index in [4.69, 9.17) is 18.0 Å². The summed E-state index contributed by atoms with van der Waals surface area (Å²) in [6.45, 7) is 0. The first-order chi connectivity index (χ1) is 6.41. The molecule has 15 heavy (non-hydrogen) atoms. The van der Waals surface area contributed by atoms with Gasteiger partial charge < -0.3 is 24.8 Å². The number of halogens is 2. The minimum Gasteiger partial charge on any atom is -1.00 e. The van der Waals surface area contributed by atoms with E-state index in [2.05, 4.69) is 5.92 Å². The Labute approximate surface area is 122 Å². The molecule has 0 heterocycles. The minimum atomic E-state index is 0. The zero-order valence-corrected chi connectivity index (χ0v) is 12.5. The Hall–Kier alpha value is 0.906. The summed E-state index contributed by atoms with van der Waals surface area (Å²) in [7, 11) is 0. The van der Waals surface area contributed by atoms with Crippen molar-refractivity contribution in [2.45, 2.75) is 57.8 Å². The molecule has 0 atom stereocenters. The van der Waals surface area contributed by atoms with E-state index in [-0.39, 0.29) is 35.5 Å². The van der Waals surface area contributed by atoms with E-state index < -0.39 is 0 Å². The molecule has 0 rings (SSSR count). The van der Waals surface area contributed by atoms with Crippen LogP contribution in [-0.4, -0.2) is 28.9 Å². The molecule has 0 nitrogen and oxygen atoms in total. The number of alkyl halides is 1. The summed E-state index contributed by atoms with van der Waals surface area (Å²) in [5.41, 5.74) is 0. The van der Waals surface area contributed by atoms with Gasteiger partial charge in [0, 0.05) is 5.88 Å². The summed E-state index contributed by atoms with van der Waals surface area (Å²) >= 11 is 5.57. The second-order valence-corrected chi connectivity index (χ2v) is 3.82. The molecule has 0 aliphatic heterocycles. The third-order valence-corrected chi connectivity index (χ3v) is 2.45. The van der Waals surface area contributed by atoms with Crippen LogP contribution in [0.5, 0.6) is 0 Å². The summed E-state index contributed by atoms with van der Waals surface area (Å²) < 4.78 is 0. The molecule has 84 valence electrons. The maximum atomic E-state index is 6.73. The fraction of sp³-hybridized carbons (Fsp3) is 0.833. The topological polar surface area (TPSA) is 0 Å². The molecule has 0 bridgehead atoms. The molecule has 0 aliphatic carbocycles. The first kappa shape index (κ1) is 21.2. The van der Waals surface area contributed by atoms with Crippen molar-refractivity contribution in [3.63, 3.8) is 0 Å². The Morgan fingerprint density at radius 2 is 1.20 bits per heavy atom. The molecule has 0 unspecified atom stereocenters. The van der Waals surface area contributed by atoms with Crippen LogP contribution >= 0.6 is 11.6 Å². The van der Waals surface area contributed by atoms with Gasteiger partial charge in [-0.3, -0.25) is 0 Å². The van der Waals surface area contributed by atoms with Crippen molar-refractivity contribution in [3.05, 3.63) is 6.42 Å². The SMILES string of the molecule is [C-]#CCCCCCCCCCCCl.[Cl-].[Mg+2]. The van der Waals surface area contributed by atoms with E-state index >= 15 is 0 Å². The van der Waals surface area contributed by atoms with E-state index in [1.54, 1.807) is 0 Å². The molecular formula is C12H20Cl2Mg. The van der Waals surface area contributed by atoms with Gasteiger partial charge in [-0.1, -0.05) is 38.5 Å². The maximum Gasteiger partial charge on any atom is 2.00 e. The minimum absolute atomic E-state index is 0. The van der Waals surface area contributed by atoms with E-state index in [9.17, 15) is 0 Å². The fourth-order valence-corrected chi connectivity index (χ4v) is 1.56. The van der Waals surface area contributed by atoms with Gasteiger partial charge in [-0.15, -0.1) is 11.6 Å². The van der Waals surface area contributed by atoms with Gasteiger partial charge in [0.25, 0.3) is 0 Å². The average molecular weight is 260 g/mol. The predicted molar refractivity (Wildman–Crippen MR) is 65.2 cm³/mol. The zero-order chi connectivity index (χ0) is 9.78. The molecule has 0 saturated heterocycles. The van der Waals surface area contributed by atoms with Crippen LogP contribution in [0.4, 0.5) is 0 Å². The molecule has 3 heteroatoms. The van der Waals surface area contributed by atoms with Crippen LogP contribution < -0.4 is 12.4 Å². The number of unbranched alkanes of at least 4 members (excludes halogenated alkanes) is 8. The first-order valence-corrected chi connectivity index (χ1v) is 5.91. The summed E-state index contributed by atoms with van der Waals surface area (Å²) in [6, 6.07) is 0. The summed E-state index contributed by atoms with van der Waals surface area (Å²) in [4.78, 5) is 0. The molecule has 0 N–H and O–H groups in total. The Morgan fingerprint density at radius 1 is 0.800 bits per heavy atom. The Balaban J connectivity index is -0.000000720. The van der Waals surface area contributed by atoms with Gasteiger partial charge in [-0.2, -0.15) is 0 Å². The largest absolute Gasteiger partial charge is 2.00 e. The predicted octanol–water partition coefficient (Wildman–Crippen LogP) is 0.949. The second kappa shape index (κ2) is 20.3. The Kier molecular flexibility index (Phi) is 28.8. The van der Waals surface area contributed by atoms with Crippen LogP contribution in [0.1, 0.15) is 57.8 Å². The van der Waals surface area contributed by atoms with Crippen LogP contribution in [0.3, 0.4) is 0 Å². The smallest absolute Gasteiger partial charge is 1.00 e. The van der Waals surface area contributed by atoms with Crippen LogP contribution in [0.15, 0.2) is 0 Å². The van der Waals surface area contributed by atoms with Crippen molar-refractivity contribution in [3.8, 4) is 5.92 Å². The molecule has 0 spiro atoms. The number of rotatable bonds is 9. The van der Waals surface area contributed by atoms with Crippen molar-refractivity contribution in [2.75, 3.05) is 5.88 Å². The van der Waals surface area contributed by atoms with E-state index in [1.165, 1.54) is 44.9 Å². The zero-order valence-electron chi connectivity index (χ0n) is 9.53. The molecule has 0 aromatic rings. The van der Waals surface area contributed by atoms with Crippen molar-refractivity contribution < 1.29 is 12.4 Å². The van der Waals surface area contributed by atoms with Crippen molar-refractivity contribution >= 4 is 34.7 Å². The van der Waals surface area contributed by atoms with Crippen molar-refractivity contribution in [2.24, 2.45) is 0 Å². The molecule has 0 aromatic carbocycles. The number of hydrogen-bond acceptors (Lipinski definition) is 0. The Bertz CT molecular complexity index is 132. The van der Waals surface area contributed by atoms with E-state index in [0.717, 1.165) is 18.7 Å². The standard InChI is InChI=1S/C12H20Cl.ClH.Mg/c1-2-3-4-5-6-7-8-9-10-11-12-13;;/h3-12H2;1H;/q-1;;+2/p-1. The van der Waals surface area contributed by atoms with Gasteiger partial charge in [0.15, 0.2) is 0 Å². The van der Waals surface area contributed by atoms with Gasteiger partial charge in [0.1, 0.15) is 0 Å². The molecule has 0 aromatic heterocycles.